The minimum atomic E-state index is -0.927. The normalized spacial score (nSPS) is 9.00. The second-order valence-electron chi connectivity index (χ2n) is 2.08. The third-order valence-corrected chi connectivity index (χ3v) is 1.26. The Morgan fingerprint density at radius 3 is 2.67 bits per heavy atom. The van der Waals surface area contributed by atoms with E-state index in [0.717, 1.165) is 0 Å². The summed E-state index contributed by atoms with van der Waals surface area (Å²) in [6.07, 6.45) is -0.331. The molecule has 1 rings (SSSR count). The van der Waals surface area contributed by atoms with Gasteiger partial charge in [-0.3, -0.25) is 4.79 Å². The van der Waals surface area contributed by atoms with Crippen molar-refractivity contribution < 1.29 is 14.3 Å². The van der Waals surface area contributed by atoms with Gasteiger partial charge in [-0.2, -0.15) is 0 Å². The van der Waals surface area contributed by atoms with E-state index in [0.29, 0.717) is 11.8 Å². The molecule has 0 radical (unpaired) electrons. The molecule has 4 nitrogen and oxygen atoms in total. The Hall–Kier alpha value is -1.84. The van der Waals surface area contributed by atoms with Crippen molar-refractivity contribution in [1.29, 1.82) is 0 Å². The van der Waals surface area contributed by atoms with Crippen molar-refractivity contribution in [3.63, 3.8) is 0 Å². The highest BCUT2D eigenvalue weighted by Gasteiger charge is 2.03. The second kappa shape index (κ2) is 3.52. The van der Waals surface area contributed by atoms with Crippen LogP contribution in [0.1, 0.15) is 10.4 Å². The largest absolute Gasteiger partial charge is 0.410 e. The number of hydrogen-bond acceptors (Lipinski definition) is 3. The van der Waals surface area contributed by atoms with Gasteiger partial charge in [0.25, 0.3) is 0 Å². The Morgan fingerprint density at radius 2 is 2.08 bits per heavy atom. The van der Waals surface area contributed by atoms with Crippen molar-refractivity contribution in [1.82, 2.24) is 0 Å². The minimum Gasteiger partial charge on any atom is -0.410 e. The summed E-state index contributed by atoms with van der Waals surface area (Å²) in [6, 6.07) is 6.34. The molecule has 0 aliphatic heterocycles. The highest BCUT2D eigenvalue weighted by Crippen LogP contribution is 2.14. The van der Waals surface area contributed by atoms with Gasteiger partial charge in [-0.1, -0.05) is 12.1 Å². The molecule has 12 heavy (non-hydrogen) atoms. The fraction of sp³-hybridized carbons (Fsp3) is 0. The Labute approximate surface area is 68.9 Å². The third kappa shape index (κ3) is 1.82. The lowest BCUT2D eigenvalue weighted by Crippen LogP contribution is -2.16. The number of hydrogen-bond donors (Lipinski definition) is 1. The lowest BCUT2D eigenvalue weighted by Gasteiger charge is -2.01. The van der Waals surface area contributed by atoms with Gasteiger partial charge < -0.3 is 10.5 Å². The lowest BCUT2D eigenvalue weighted by atomic mass is 10.2. The van der Waals surface area contributed by atoms with Gasteiger partial charge in [0.2, 0.25) is 0 Å². The van der Waals surface area contributed by atoms with Crippen LogP contribution >= 0.6 is 0 Å². The van der Waals surface area contributed by atoms with Gasteiger partial charge in [0.05, 0.1) is 5.56 Å². The number of primary amides is 1. The van der Waals surface area contributed by atoms with Gasteiger partial charge in [-0.15, -0.1) is 0 Å². The number of para-hydroxylation sites is 1. The van der Waals surface area contributed by atoms with Gasteiger partial charge in [0.15, 0.2) is 6.29 Å². The van der Waals surface area contributed by atoms with E-state index in [1.54, 1.807) is 12.1 Å². The second-order valence-corrected chi connectivity index (χ2v) is 2.08. The predicted molar refractivity (Wildman–Crippen MR) is 42.0 cm³/mol. The summed E-state index contributed by atoms with van der Waals surface area (Å²) in [5.41, 5.74) is 5.07. The minimum absolute atomic E-state index is 0.181. The fourth-order valence-corrected chi connectivity index (χ4v) is 0.779. The van der Waals surface area contributed by atoms with Crippen molar-refractivity contribution in [3.8, 4) is 5.75 Å². The van der Waals surface area contributed by atoms with Crippen LogP contribution in [-0.4, -0.2) is 12.4 Å². The summed E-state index contributed by atoms with van der Waals surface area (Å²) >= 11 is 0. The summed E-state index contributed by atoms with van der Waals surface area (Å²) in [4.78, 5) is 20.7. The SMILES string of the molecule is NC(=O)Oc1ccccc1C=O. The van der Waals surface area contributed by atoms with Gasteiger partial charge in [-0.05, 0) is 12.1 Å². The average Bonchev–Trinajstić information content (AvgIpc) is 2.04. The monoisotopic (exact) mass is 165 g/mol. The van der Waals surface area contributed by atoms with E-state index in [9.17, 15) is 9.59 Å². The molecule has 0 unspecified atom stereocenters. The molecule has 0 saturated carbocycles. The third-order valence-electron chi connectivity index (χ3n) is 1.26. The first-order chi connectivity index (χ1) is 5.74. The van der Waals surface area contributed by atoms with Crippen molar-refractivity contribution >= 4 is 12.4 Å². The van der Waals surface area contributed by atoms with Gasteiger partial charge in [0.1, 0.15) is 5.75 Å². The topological polar surface area (TPSA) is 69.4 Å². The van der Waals surface area contributed by atoms with Crippen LogP contribution in [0.5, 0.6) is 5.75 Å². The molecule has 0 atom stereocenters. The van der Waals surface area contributed by atoms with Crippen LogP contribution in [0.25, 0.3) is 0 Å². The zero-order valence-corrected chi connectivity index (χ0v) is 6.19. The van der Waals surface area contributed by atoms with E-state index >= 15 is 0 Å². The van der Waals surface area contributed by atoms with Crippen LogP contribution in [0.3, 0.4) is 0 Å². The zero-order valence-electron chi connectivity index (χ0n) is 6.19. The molecule has 0 aliphatic rings. The van der Waals surface area contributed by atoms with Crippen molar-refractivity contribution in [2.75, 3.05) is 0 Å². The molecule has 0 heterocycles. The van der Waals surface area contributed by atoms with E-state index in [2.05, 4.69) is 4.74 Å². The molecule has 62 valence electrons. The molecule has 1 aromatic carbocycles. The zero-order chi connectivity index (χ0) is 8.97. The highest BCUT2D eigenvalue weighted by molar-refractivity contribution is 5.81. The smallest absolute Gasteiger partial charge is 0.409 e. The number of carbonyl (C=O) groups excluding carboxylic acids is 2. The summed E-state index contributed by atoms with van der Waals surface area (Å²) in [6.45, 7) is 0. The molecular weight excluding hydrogens is 158 g/mol. The van der Waals surface area contributed by atoms with Gasteiger partial charge in [-0.25, -0.2) is 4.79 Å². The standard InChI is InChI=1S/C8H7NO3/c9-8(11)12-7-4-2-1-3-6(7)5-10/h1-5H,(H2,9,11). The van der Waals surface area contributed by atoms with Crippen molar-refractivity contribution in [2.45, 2.75) is 0 Å². The molecule has 1 amide bonds. The molecule has 0 aromatic heterocycles. The van der Waals surface area contributed by atoms with E-state index in [4.69, 9.17) is 5.73 Å². The predicted octanol–water partition coefficient (Wildman–Crippen LogP) is 0.957. The number of nitrogens with two attached hydrogens (primary N) is 1. The van der Waals surface area contributed by atoms with E-state index < -0.39 is 6.09 Å². The molecule has 2 N–H and O–H groups in total. The number of ether oxygens (including phenoxy) is 1. The molecule has 1 aromatic rings. The van der Waals surface area contributed by atoms with Crippen molar-refractivity contribution in [3.05, 3.63) is 29.8 Å². The average molecular weight is 165 g/mol. The number of benzene rings is 1. The van der Waals surface area contributed by atoms with Crippen LogP contribution in [0.4, 0.5) is 4.79 Å². The highest BCUT2D eigenvalue weighted by atomic mass is 16.5. The number of carbonyl (C=O) groups is 2. The molecule has 4 heteroatoms. The summed E-state index contributed by atoms with van der Waals surface area (Å²) in [7, 11) is 0. The van der Waals surface area contributed by atoms with Crippen LogP contribution in [-0.2, 0) is 0 Å². The first kappa shape index (κ1) is 8.26. The molecule has 0 saturated heterocycles. The number of aldehydes is 1. The Bertz CT molecular complexity index is 309. The van der Waals surface area contributed by atoms with E-state index in [1.807, 2.05) is 0 Å². The van der Waals surface area contributed by atoms with E-state index in [1.165, 1.54) is 12.1 Å². The molecule has 0 bridgehead atoms. The maximum absolute atomic E-state index is 10.4. The maximum Gasteiger partial charge on any atom is 0.409 e. The van der Waals surface area contributed by atoms with Crippen LogP contribution in [0, 0.1) is 0 Å². The van der Waals surface area contributed by atoms with Crippen LogP contribution in [0.2, 0.25) is 0 Å². The molecule has 0 fully saturated rings. The Balaban J connectivity index is 2.96. The van der Waals surface area contributed by atoms with Gasteiger partial charge in [0, 0.05) is 0 Å². The van der Waals surface area contributed by atoms with Crippen molar-refractivity contribution in [2.24, 2.45) is 5.73 Å². The number of amides is 1. The maximum atomic E-state index is 10.4. The van der Waals surface area contributed by atoms with Crippen LogP contribution in [0.15, 0.2) is 24.3 Å². The van der Waals surface area contributed by atoms with Crippen LogP contribution < -0.4 is 10.5 Å². The quantitative estimate of drug-likeness (QED) is 0.663. The molecule has 0 spiro atoms. The first-order valence-corrected chi connectivity index (χ1v) is 3.25. The Morgan fingerprint density at radius 1 is 1.42 bits per heavy atom. The Kier molecular flexibility index (Phi) is 2.42. The first-order valence-electron chi connectivity index (χ1n) is 3.25. The molecular formula is C8H7NO3. The summed E-state index contributed by atoms with van der Waals surface area (Å²) < 4.78 is 4.54. The van der Waals surface area contributed by atoms with E-state index in [-0.39, 0.29) is 5.75 Å². The lowest BCUT2D eigenvalue weighted by molar-refractivity contribution is 0.112. The number of rotatable bonds is 2. The summed E-state index contributed by atoms with van der Waals surface area (Å²) in [5.74, 6) is 0.181. The molecule has 0 aliphatic carbocycles. The summed E-state index contributed by atoms with van der Waals surface area (Å²) in [5, 5.41) is 0. The fourth-order valence-electron chi connectivity index (χ4n) is 0.779. The van der Waals surface area contributed by atoms with Gasteiger partial charge >= 0.3 is 6.09 Å².